The fourth-order valence-electron chi connectivity index (χ4n) is 1.86. The van der Waals surface area contributed by atoms with E-state index in [1.165, 1.54) is 0 Å². The van der Waals surface area contributed by atoms with Crippen molar-refractivity contribution in [1.82, 2.24) is 0 Å². The lowest BCUT2D eigenvalue weighted by Crippen LogP contribution is -2.53. The molecule has 3 nitrogen and oxygen atoms in total. The molecule has 0 aromatic rings. The summed E-state index contributed by atoms with van der Waals surface area (Å²) in [5, 5.41) is 0. The first kappa shape index (κ1) is 16.7. The summed E-state index contributed by atoms with van der Waals surface area (Å²) in [6.07, 6.45) is 0. The molecule has 97 valence electrons. The lowest BCUT2D eigenvalue weighted by Gasteiger charge is -2.37. The van der Waals surface area contributed by atoms with E-state index in [9.17, 15) is 0 Å². The van der Waals surface area contributed by atoms with Crippen molar-refractivity contribution in [2.24, 2.45) is 0 Å². The highest BCUT2D eigenvalue weighted by molar-refractivity contribution is 6.87. The summed E-state index contributed by atoms with van der Waals surface area (Å²) >= 11 is 0. The first-order valence-electron chi connectivity index (χ1n) is 5.72. The Morgan fingerprint density at radius 3 is 1.44 bits per heavy atom. The fraction of sp³-hybridized carbons (Fsp3) is 1.00. The highest BCUT2D eigenvalue weighted by atomic mass is 28.5. The first-order chi connectivity index (χ1) is 6.83. The van der Waals surface area contributed by atoms with Crippen LogP contribution in [0.4, 0.5) is 0 Å². The Morgan fingerprint density at radius 1 is 0.688 bits per heavy atom. The van der Waals surface area contributed by atoms with Crippen LogP contribution < -0.4 is 0 Å². The second-order valence-electron chi connectivity index (χ2n) is 6.13. The van der Waals surface area contributed by atoms with Crippen LogP contribution in [0.2, 0.25) is 58.9 Å². The maximum atomic E-state index is 6.21. The second kappa shape index (κ2) is 5.59. The minimum atomic E-state index is -2.03. The minimum Gasteiger partial charge on any atom is -0.437 e. The summed E-state index contributed by atoms with van der Waals surface area (Å²) in [6.45, 7) is 19.4. The zero-order valence-electron chi connectivity index (χ0n) is 12.2. The van der Waals surface area contributed by atoms with Gasteiger partial charge in [-0.2, -0.15) is 0 Å². The van der Waals surface area contributed by atoms with Crippen LogP contribution in [0.1, 0.15) is 0 Å². The van der Waals surface area contributed by atoms with Crippen LogP contribution in [0.15, 0.2) is 0 Å². The third-order valence-corrected chi connectivity index (χ3v) is 13.4. The summed E-state index contributed by atoms with van der Waals surface area (Å²) < 4.78 is 18.3. The number of hydrogen-bond donors (Lipinski definition) is 0. The summed E-state index contributed by atoms with van der Waals surface area (Å²) in [4.78, 5) is 0. The molecule has 0 aliphatic heterocycles. The predicted octanol–water partition coefficient (Wildman–Crippen LogP) is 3.53. The minimum absolute atomic E-state index is 0.692. The quantitative estimate of drug-likeness (QED) is 0.702. The predicted molar refractivity (Wildman–Crippen MR) is 79.0 cm³/mol. The van der Waals surface area contributed by atoms with Gasteiger partial charge in [0.1, 0.15) is 0 Å². The van der Waals surface area contributed by atoms with Gasteiger partial charge in [0.15, 0.2) is 17.4 Å². The average Bonchev–Trinajstić information content (AvgIpc) is 1.69. The van der Waals surface area contributed by atoms with E-state index >= 15 is 0 Å². The van der Waals surface area contributed by atoms with Crippen LogP contribution in [-0.2, 0) is 12.3 Å². The third kappa shape index (κ3) is 8.85. The molecule has 0 aromatic heterocycles. The Labute approximate surface area is 106 Å². The summed E-state index contributed by atoms with van der Waals surface area (Å²) in [5.41, 5.74) is 0. The summed E-state index contributed by atoms with van der Waals surface area (Å²) in [5.74, 6) is 0. The Balaban J connectivity index is 4.45. The van der Waals surface area contributed by atoms with Gasteiger partial charge in [0, 0.05) is 0 Å². The molecule has 0 bridgehead atoms. The zero-order chi connectivity index (χ0) is 13.2. The van der Waals surface area contributed by atoms with E-state index in [0.717, 1.165) is 0 Å². The van der Waals surface area contributed by atoms with Crippen LogP contribution in [-0.4, -0.2) is 34.5 Å². The topological polar surface area (TPSA) is 27.7 Å². The SMILES string of the molecule is C[Si](C)O[Si](C)(C)O[Si](C)(C)O[Si](C)(C)C. The first-order valence-corrected chi connectivity index (χ1v) is 17.2. The van der Waals surface area contributed by atoms with Crippen molar-refractivity contribution in [1.29, 1.82) is 0 Å². The van der Waals surface area contributed by atoms with Crippen LogP contribution >= 0.6 is 0 Å². The van der Waals surface area contributed by atoms with Crippen LogP contribution in [0, 0.1) is 0 Å². The van der Waals surface area contributed by atoms with Gasteiger partial charge in [-0.15, -0.1) is 0 Å². The molecule has 1 radical (unpaired) electrons. The van der Waals surface area contributed by atoms with Gasteiger partial charge in [0.25, 0.3) is 0 Å². The van der Waals surface area contributed by atoms with Crippen molar-refractivity contribution in [3.8, 4) is 0 Å². The van der Waals surface area contributed by atoms with Crippen molar-refractivity contribution >= 4 is 34.5 Å². The van der Waals surface area contributed by atoms with Gasteiger partial charge in [0.05, 0.1) is 0 Å². The molecule has 0 saturated heterocycles. The van der Waals surface area contributed by atoms with Gasteiger partial charge in [-0.1, -0.05) is 0 Å². The van der Waals surface area contributed by atoms with E-state index in [1.807, 2.05) is 0 Å². The molecular formula is C9H27O3Si4. The molecule has 0 fully saturated rings. The van der Waals surface area contributed by atoms with Gasteiger partial charge >= 0.3 is 17.1 Å². The molecule has 0 amide bonds. The standard InChI is InChI=1S/C9H27O3Si4/c1-13(2)10-15(6,7)12-16(8,9)11-14(3,4)5/h1-9H3. The maximum absolute atomic E-state index is 6.21. The normalized spacial score (nSPS) is 14.6. The number of rotatable bonds is 6. The van der Waals surface area contributed by atoms with Gasteiger partial charge in [-0.3, -0.25) is 0 Å². The Hall–Kier alpha value is 0.748. The Kier molecular flexibility index (Phi) is 5.85. The Morgan fingerprint density at radius 2 is 1.12 bits per heavy atom. The molecular weight excluding hydrogens is 268 g/mol. The van der Waals surface area contributed by atoms with E-state index in [0.29, 0.717) is 0 Å². The zero-order valence-corrected chi connectivity index (χ0v) is 16.2. The van der Waals surface area contributed by atoms with E-state index in [4.69, 9.17) is 12.3 Å². The Bertz CT molecular complexity index is 223. The molecule has 0 N–H and O–H groups in total. The summed E-state index contributed by atoms with van der Waals surface area (Å²) in [7, 11) is -6.24. The van der Waals surface area contributed by atoms with Crippen molar-refractivity contribution < 1.29 is 12.3 Å². The monoisotopic (exact) mass is 295 g/mol. The molecule has 0 rings (SSSR count). The van der Waals surface area contributed by atoms with Crippen molar-refractivity contribution in [2.75, 3.05) is 0 Å². The van der Waals surface area contributed by atoms with E-state index in [-0.39, 0.29) is 0 Å². The molecule has 16 heavy (non-hydrogen) atoms. The molecule has 0 aromatic carbocycles. The van der Waals surface area contributed by atoms with Crippen molar-refractivity contribution in [3.63, 3.8) is 0 Å². The van der Waals surface area contributed by atoms with Crippen molar-refractivity contribution in [3.05, 3.63) is 0 Å². The van der Waals surface area contributed by atoms with Crippen molar-refractivity contribution in [2.45, 2.75) is 58.9 Å². The van der Waals surface area contributed by atoms with Gasteiger partial charge < -0.3 is 12.3 Å². The van der Waals surface area contributed by atoms with Crippen LogP contribution in [0.5, 0.6) is 0 Å². The molecule has 0 atom stereocenters. The smallest absolute Gasteiger partial charge is 0.312 e. The fourth-order valence-corrected chi connectivity index (χ4v) is 17.5. The second-order valence-corrected chi connectivity index (χ2v) is 20.2. The number of hydrogen-bond acceptors (Lipinski definition) is 3. The molecule has 0 saturated carbocycles. The van der Waals surface area contributed by atoms with E-state index in [1.54, 1.807) is 0 Å². The average molecular weight is 296 g/mol. The molecule has 0 aliphatic carbocycles. The van der Waals surface area contributed by atoms with E-state index < -0.39 is 34.5 Å². The van der Waals surface area contributed by atoms with Crippen LogP contribution in [0.3, 0.4) is 0 Å². The lowest BCUT2D eigenvalue weighted by atomic mass is 11.8. The molecule has 0 aliphatic rings. The lowest BCUT2D eigenvalue weighted by molar-refractivity contribution is 0.335. The van der Waals surface area contributed by atoms with E-state index in [2.05, 4.69) is 58.9 Å². The highest BCUT2D eigenvalue weighted by Crippen LogP contribution is 2.21. The van der Waals surface area contributed by atoms with Gasteiger partial charge in [0.2, 0.25) is 0 Å². The van der Waals surface area contributed by atoms with Gasteiger partial charge in [-0.05, 0) is 58.9 Å². The summed E-state index contributed by atoms with van der Waals surface area (Å²) in [6, 6.07) is 0. The molecule has 0 heterocycles. The van der Waals surface area contributed by atoms with Gasteiger partial charge in [-0.25, -0.2) is 0 Å². The molecule has 7 heteroatoms. The molecule has 0 unspecified atom stereocenters. The maximum Gasteiger partial charge on any atom is 0.312 e. The highest BCUT2D eigenvalue weighted by Gasteiger charge is 2.39. The van der Waals surface area contributed by atoms with Crippen LogP contribution in [0.25, 0.3) is 0 Å². The largest absolute Gasteiger partial charge is 0.437 e. The molecule has 0 spiro atoms. The third-order valence-electron chi connectivity index (χ3n) is 1.49.